The lowest BCUT2D eigenvalue weighted by Crippen LogP contribution is -2.26. The summed E-state index contributed by atoms with van der Waals surface area (Å²) in [4.78, 5) is 18.0. The van der Waals surface area contributed by atoms with Crippen molar-refractivity contribution in [3.63, 3.8) is 0 Å². The molecule has 0 N–H and O–H groups in total. The Morgan fingerprint density at radius 3 is 2.59 bits per heavy atom. The van der Waals surface area contributed by atoms with E-state index in [2.05, 4.69) is 29.2 Å². The molecule has 4 heteroatoms. The Hall–Kier alpha value is -2.39. The summed E-state index contributed by atoms with van der Waals surface area (Å²) in [7, 11) is 1.78. The van der Waals surface area contributed by atoms with Crippen molar-refractivity contribution in [2.45, 2.75) is 6.54 Å². The molecule has 0 aliphatic rings. The first-order chi connectivity index (χ1) is 10.6. The van der Waals surface area contributed by atoms with E-state index in [0.717, 1.165) is 5.56 Å². The standard InChI is InChI=1S/C18H15ClN2O/c1-21(18(22)16-8-9-17(19)20-11-16)12-13-6-7-14-4-2-3-5-15(14)10-13/h2-11H,12H2,1H3. The highest BCUT2D eigenvalue weighted by molar-refractivity contribution is 6.29. The number of carbonyl (C=O) groups is 1. The predicted octanol–water partition coefficient (Wildman–Crippen LogP) is 4.16. The summed E-state index contributed by atoms with van der Waals surface area (Å²) in [5.74, 6) is -0.0719. The average Bonchev–Trinajstić information content (AvgIpc) is 2.55. The maximum Gasteiger partial charge on any atom is 0.255 e. The van der Waals surface area contributed by atoms with Gasteiger partial charge >= 0.3 is 0 Å². The lowest BCUT2D eigenvalue weighted by molar-refractivity contribution is 0.0784. The van der Waals surface area contributed by atoms with E-state index in [0.29, 0.717) is 17.3 Å². The zero-order chi connectivity index (χ0) is 15.5. The van der Waals surface area contributed by atoms with Crippen molar-refractivity contribution in [3.8, 4) is 0 Å². The summed E-state index contributed by atoms with van der Waals surface area (Å²) in [5, 5.41) is 2.75. The fourth-order valence-electron chi connectivity index (χ4n) is 2.41. The first-order valence-corrected chi connectivity index (χ1v) is 7.36. The molecular formula is C18H15ClN2O. The Balaban J connectivity index is 1.78. The third kappa shape index (κ3) is 3.10. The molecule has 1 aromatic heterocycles. The van der Waals surface area contributed by atoms with Crippen LogP contribution in [0.3, 0.4) is 0 Å². The van der Waals surface area contributed by atoms with E-state index < -0.39 is 0 Å². The van der Waals surface area contributed by atoms with E-state index in [1.165, 1.54) is 17.0 Å². The monoisotopic (exact) mass is 310 g/mol. The smallest absolute Gasteiger partial charge is 0.255 e. The minimum Gasteiger partial charge on any atom is -0.337 e. The van der Waals surface area contributed by atoms with Gasteiger partial charge in [-0.15, -0.1) is 0 Å². The second-order valence-corrected chi connectivity index (χ2v) is 5.60. The number of carbonyl (C=O) groups excluding carboxylic acids is 1. The molecule has 0 bridgehead atoms. The Kier molecular flexibility index (Phi) is 4.07. The van der Waals surface area contributed by atoms with E-state index >= 15 is 0 Å². The molecule has 0 saturated heterocycles. The zero-order valence-electron chi connectivity index (χ0n) is 12.2. The molecular weight excluding hydrogens is 296 g/mol. The maximum atomic E-state index is 12.4. The fraction of sp³-hybridized carbons (Fsp3) is 0.111. The van der Waals surface area contributed by atoms with Gasteiger partial charge in [-0.3, -0.25) is 4.79 Å². The molecule has 0 unspecified atom stereocenters. The van der Waals surface area contributed by atoms with E-state index in [-0.39, 0.29) is 5.91 Å². The Labute approximate surface area is 134 Å². The lowest BCUT2D eigenvalue weighted by Gasteiger charge is -2.17. The molecule has 0 radical (unpaired) electrons. The van der Waals surface area contributed by atoms with Crippen molar-refractivity contribution in [1.29, 1.82) is 0 Å². The molecule has 0 spiro atoms. The first kappa shape index (κ1) is 14.5. The molecule has 1 amide bonds. The van der Waals surface area contributed by atoms with Crippen LogP contribution in [-0.4, -0.2) is 22.8 Å². The second kappa shape index (κ2) is 6.16. The number of nitrogens with zero attached hydrogens (tertiary/aromatic N) is 2. The number of hydrogen-bond acceptors (Lipinski definition) is 2. The number of benzene rings is 2. The topological polar surface area (TPSA) is 33.2 Å². The molecule has 0 aliphatic carbocycles. The summed E-state index contributed by atoms with van der Waals surface area (Å²) in [6, 6.07) is 17.7. The van der Waals surface area contributed by atoms with Crippen molar-refractivity contribution in [2.24, 2.45) is 0 Å². The average molecular weight is 311 g/mol. The van der Waals surface area contributed by atoms with Gasteiger partial charge in [0.25, 0.3) is 5.91 Å². The molecule has 110 valence electrons. The van der Waals surface area contributed by atoms with Gasteiger partial charge in [0.15, 0.2) is 0 Å². The van der Waals surface area contributed by atoms with Gasteiger partial charge in [-0.05, 0) is 34.5 Å². The molecule has 22 heavy (non-hydrogen) atoms. The first-order valence-electron chi connectivity index (χ1n) is 6.98. The molecule has 0 fully saturated rings. The van der Waals surface area contributed by atoms with Crippen LogP contribution in [0.5, 0.6) is 0 Å². The van der Waals surface area contributed by atoms with Gasteiger partial charge in [-0.1, -0.05) is 48.0 Å². The number of fused-ring (bicyclic) bond motifs is 1. The third-order valence-corrected chi connectivity index (χ3v) is 3.78. The van der Waals surface area contributed by atoms with Gasteiger partial charge < -0.3 is 4.90 Å². The normalized spacial score (nSPS) is 10.6. The third-order valence-electron chi connectivity index (χ3n) is 3.55. The van der Waals surface area contributed by atoms with Crippen molar-refractivity contribution >= 4 is 28.3 Å². The molecule has 0 saturated carbocycles. The van der Waals surface area contributed by atoms with E-state index in [1.807, 2.05) is 18.2 Å². The maximum absolute atomic E-state index is 12.4. The summed E-state index contributed by atoms with van der Waals surface area (Å²) in [5.41, 5.74) is 1.63. The van der Waals surface area contributed by atoms with Crippen LogP contribution in [0.15, 0.2) is 60.8 Å². The van der Waals surface area contributed by atoms with Crippen LogP contribution in [0, 0.1) is 0 Å². The molecule has 1 heterocycles. The Bertz CT molecular complexity index is 815. The number of amides is 1. The Morgan fingerprint density at radius 1 is 1.09 bits per heavy atom. The predicted molar refractivity (Wildman–Crippen MR) is 89.0 cm³/mol. The summed E-state index contributed by atoms with van der Waals surface area (Å²) >= 11 is 5.75. The van der Waals surface area contributed by atoms with Crippen LogP contribution in [0.4, 0.5) is 0 Å². The highest BCUT2D eigenvalue weighted by Gasteiger charge is 2.12. The van der Waals surface area contributed by atoms with E-state index in [1.54, 1.807) is 24.1 Å². The van der Waals surface area contributed by atoms with Crippen molar-refractivity contribution in [3.05, 3.63) is 77.1 Å². The largest absolute Gasteiger partial charge is 0.337 e. The highest BCUT2D eigenvalue weighted by atomic mass is 35.5. The summed E-state index contributed by atoms with van der Waals surface area (Å²) in [6.07, 6.45) is 1.50. The van der Waals surface area contributed by atoms with Crippen LogP contribution >= 0.6 is 11.6 Å². The number of pyridine rings is 1. The molecule has 3 rings (SSSR count). The van der Waals surface area contributed by atoms with Crippen molar-refractivity contribution < 1.29 is 4.79 Å². The van der Waals surface area contributed by atoms with Gasteiger partial charge in [0, 0.05) is 19.8 Å². The minimum absolute atomic E-state index is 0.0719. The number of halogens is 1. The van der Waals surface area contributed by atoms with E-state index in [4.69, 9.17) is 11.6 Å². The zero-order valence-corrected chi connectivity index (χ0v) is 12.9. The second-order valence-electron chi connectivity index (χ2n) is 5.21. The van der Waals surface area contributed by atoms with Crippen LogP contribution < -0.4 is 0 Å². The van der Waals surface area contributed by atoms with Crippen LogP contribution in [0.2, 0.25) is 5.15 Å². The highest BCUT2D eigenvalue weighted by Crippen LogP contribution is 2.17. The molecule has 0 atom stereocenters. The molecule has 0 aliphatic heterocycles. The number of hydrogen-bond donors (Lipinski definition) is 0. The van der Waals surface area contributed by atoms with Gasteiger partial charge in [0.2, 0.25) is 0 Å². The van der Waals surface area contributed by atoms with Gasteiger partial charge in [-0.25, -0.2) is 4.98 Å². The molecule has 3 nitrogen and oxygen atoms in total. The van der Waals surface area contributed by atoms with Crippen LogP contribution in [0.1, 0.15) is 15.9 Å². The quantitative estimate of drug-likeness (QED) is 0.681. The fourth-order valence-corrected chi connectivity index (χ4v) is 2.52. The molecule has 3 aromatic rings. The summed E-state index contributed by atoms with van der Waals surface area (Å²) < 4.78 is 0. The number of rotatable bonds is 3. The van der Waals surface area contributed by atoms with Crippen molar-refractivity contribution in [1.82, 2.24) is 9.88 Å². The van der Waals surface area contributed by atoms with E-state index in [9.17, 15) is 4.79 Å². The Morgan fingerprint density at radius 2 is 1.86 bits per heavy atom. The summed E-state index contributed by atoms with van der Waals surface area (Å²) in [6.45, 7) is 0.548. The van der Waals surface area contributed by atoms with Crippen LogP contribution in [0.25, 0.3) is 10.8 Å². The SMILES string of the molecule is CN(Cc1ccc2ccccc2c1)C(=O)c1ccc(Cl)nc1. The number of aromatic nitrogens is 1. The van der Waals surface area contributed by atoms with Crippen molar-refractivity contribution in [2.75, 3.05) is 7.05 Å². The lowest BCUT2D eigenvalue weighted by atomic mass is 10.1. The van der Waals surface area contributed by atoms with Gasteiger partial charge in [0.1, 0.15) is 5.15 Å². The minimum atomic E-state index is -0.0719. The molecule has 2 aromatic carbocycles. The van der Waals surface area contributed by atoms with Crippen LogP contribution in [-0.2, 0) is 6.54 Å². The van der Waals surface area contributed by atoms with Gasteiger partial charge in [0.05, 0.1) is 5.56 Å². The van der Waals surface area contributed by atoms with Gasteiger partial charge in [-0.2, -0.15) is 0 Å².